The first-order valence-electron chi connectivity index (χ1n) is 18.6. The number of allylic oxidation sites excluding steroid dienone is 2. The predicted molar refractivity (Wildman–Crippen MR) is 209 cm³/mol. The molecule has 5 atom stereocenters. The summed E-state index contributed by atoms with van der Waals surface area (Å²) in [6, 6.07) is 6.02. The van der Waals surface area contributed by atoms with Crippen molar-refractivity contribution in [2.75, 3.05) is 12.5 Å². The molecule has 8 heteroatoms. The van der Waals surface area contributed by atoms with Crippen LogP contribution in [0.5, 0.6) is 0 Å². The molecule has 0 radical (unpaired) electrons. The van der Waals surface area contributed by atoms with Gasteiger partial charge in [-0.05, 0) is 88.1 Å². The van der Waals surface area contributed by atoms with E-state index < -0.39 is 28.2 Å². The Morgan fingerprint density at radius 1 is 0.851 bits per heavy atom. The molecule has 0 heterocycles. The van der Waals surface area contributed by atoms with Gasteiger partial charge in [-0.25, -0.2) is 0 Å². The standard InChI is InChI=1S/C39H73ClO5Si2/c1-14-24-31(9)26-27-35(33(11)41)43-30-28-36(44-46(16-3,17-4)18-5)39(12,13)38(42)34(25-22-23-29-40)37(32(10)15-2)45-47(19-6,20-7)21-8/h14-15,26,32,34-37H,1-2,16-25,27-30H2,3-13H3/b31-26-/t32-,34?,35-,36-,37?/m0/s1. The number of ketones is 2. The van der Waals surface area contributed by atoms with Gasteiger partial charge in [0.2, 0.25) is 0 Å². The van der Waals surface area contributed by atoms with Gasteiger partial charge in [0.1, 0.15) is 11.9 Å². The van der Waals surface area contributed by atoms with Crippen LogP contribution in [0.3, 0.4) is 0 Å². The molecule has 47 heavy (non-hydrogen) atoms. The van der Waals surface area contributed by atoms with E-state index in [1.165, 1.54) is 5.57 Å². The summed E-state index contributed by atoms with van der Waals surface area (Å²) in [5.74, 6) is 0.505. The van der Waals surface area contributed by atoms with E-state index in [0.29, 0.717) is 25.3 Å². The summed E-state index contributed by atoms with van der Waals surface area (Å²) in [7, 11) is -4.14. The first kappa shape index (κ1) is 46.2. The van der Waals surface area contributed by atoms with E-state index in [9.17, 15) is 4.79 Å². The van der Waals surface area contributed by atoms with Gasteiger partial charge in [0, 0.05) is 17.2 Å². The molecule has 0 saturated heterocycles. The van der Waals surface area contributed by atoms with Crippen LogP contribution in [0.1, 0.15) is 115 Å². The number of halogens is 1. The lowest BCUT2D eigenvalue weighted by atomic mass is 9.71. The van der Waals surface area contributed by atoms with Crippen LogP contribution < -0.4 is 0 Å². The van der Waals surface area contributed by atoms with Crippen LogP contribution in [0.25, 0.3) is 0 Å². The Balaban J connectivity index is 6.76. The largest absolute Gasteiger partial charge is 0.413 e. The number of unbranched alkanes of at least 4 members (excludes halogenated alkanes) is 1. The summed E-state index contributed by atoms with van der Waals surface area (Å²) < 4.78 is 20.7. The van der Waals surface area contributed by atoms with Gasteiger partial charge < -0.3 is 13.6 Å². The molecule has 0 aliphatic heterocycles. The molecule has 0 rings (SSSR count). The maximum atomic E-state index is 15.1. The zero-order valence-electron chi connectivity index (χ0n) is 32.4. The van der Waals surface area contributed by atoms with Gasteiger partial charge in [0.05, 0.1) is 18.8 Å². The Hall–Kier alpha value is -0.836. The third-order valence-electron chi connectivity index (χ3n) is 10.9. The molecule has 0 amide bonds. The van der Waals surface area contributed by atoms with Crippen LogP contribution >= 0.6 is 11.6 Å². The average molecular weight is 714 g/mol. The van der Waals surface area contributed by atoms with Crippen LogP contribution in [0, 0.1) is 17.3 Å². The maximum absolute atomic E-state index is 15.1. The zero-order chi connectivity index (χ0) is 36.3. The second kappa shape index (κ2) is 23.5. The van der Waals surface area contributed by atoms with Crippen molar-refractivity contribution in [3.8, 4) is 0 Å². The highest BCUT2D eigenvalue weighted by Crippen LogP contribution is 2.40. The Kier molecular flexibility index (Phi) is 23.1. The molecule has 0 saturated carbocycles. The zero-order valence-corrected chi connectivity index (χ0v) is 35.1. The highest BCUT2D eigenvalue weighted by molar-refractivity contribution is 6.74. The molecule has 0 aromatic rings. The molecule has 0 fully saturated rings. The Morgan fingerprint density at radius 2 is 1.38 bits per heavy atom. The summed E-state index contributed by atoms with van der Waals surface area (Å²) in [6.07, 6.45) is 9.09. The molecule has 0 aromatic heterocycles. The summed E-state index contributed by atoms with van der Waals surface area (Å²) in [5, 5.41) is 0. The van der Waals surface area contributed by atoms with E-state index in [1.54, 1.807) is 6.92 Å². The monoisotopic (exact) mass is 712 g/mol. The van der Waals surface area contributed by atoms with Crippen molar-refractivity contribution >= 4 is 39.8 Å². The van der Waals surface area contributed by atoms with Crippen molar-refractivity contribution in [2.24, 2.45) is 17.3 Å². The first-order chi connectivity index (χ1) is 22.2. The molecule has 0 aromatic carbocycles. The molecule has 2 unspecified atom stereocenters. The van der Waals surface area contributed by atoms with Crippen LogP contribution in [0.4, 0.5) is 0 Å². The Labute approximate surface area is 298 Å². The van der Waals surface area contributed by atoms with E-state index in [1.807, 2.05) is 19.1 Å². The highest BCUT2D eigenvalue weighted by Gasteiger charge is 2.48. The third-order valence-corrected chi connectivity index (χ3v) is 20.5. The number of rotatable bonds is 29. The van der Waals surface area contributed by atoms with Gasteiger partial charge >= 0.3 is 0 Å². The first-order valence-corrected chi connectivity index (χ1v) is 24.2. The molecule has 0 spiro atoms. The Bertz CT molecular complexity index is 940. The molecule has 0 aliphatic carbocycles. The Morgan fingerprint density at radius 3 is 1.83 bits per heavy atom. The molecule has 274 valence electrons. The highest BCUT2D eigenvalue weighted by atomic mass is 35.5. The van der Waals surface area contributed by atoms with Crippen LogP contribution in [0.2, 0.25) is 36.3 Å². The van der Waals surface area contributed by atoms with E-state index in [-0.39, 0.29) is 35.6 Å². The fraction of sp³-hybridized carbons (Fsp3) is 0.795. The molecule has 5 nitrogen and oxygen atoms in total. The fourth-order valence-electron chi connectivity index (χ4n) is 6.68. The second-order valence-electron chi connectivity index (χ2n) is 14.2. The van der Waals surface area contributed by atoms with Crippen molar-refractivity contribution in [1.82, 2.24) is 0 Å². The lowest BCUT2D eigenvalue weighted by Gasteiger charge is -2.45. The van der Waals surface area contributed by atoms with Gasteiger partial charge in [-0.3, -0.25) is 9.59 Å². The van der Waals surface area contributed by atoms with Crippen LogP contribution in [-0.2, 0) is 23.2 Å². The van der Waals surface area contributed by atoms with Crippen molar-refractivity contribution in [3.05, 3.63) is 37.0 Å². The third kappa shape index (κ3) is 14.5. The molecule has 0 N–H and O–H groups in total. The quantitative estimate of drug-likeness (QED) is 0.0334. The number of hydrogen-bond donors (Lipinski definition) is 0. The van der Waals surface area contributed by atoms with Gasteiger partial charge in [-0.2, -0.15) is 0 Å². The lowest BCUT2D eigenvalue weighted by molar-refractivity contribution is -0.142. The van der Waals surface area contributed by atoms with Crippen molar-refractivity contribution in [1.29, 1.82) is 0 Å². The predicted octanol–water partition coefficient (Wildman–Crippen LogP) is 11.5. The van der Waals surface area contributed by atoms with E-state index >= 15 is 4.79 Å². The normalized spacial score (nSPS) is 16.3. The minimum absolute atomic E-state index is 0.00744. The number of carbonyl (C=O) groups excluding carboxylic acids is 2. The number of ether oxygens (including phenoxy) is 1. The van der Waals surface area contributed by atoms with Crippen LogP contribution in [-0.4, -0.2) is 59.0 Å². The minimum atomic E-state index is -2.10. The number of Topliss-reactive ketones (excluding diaryl/α,β-unsaturated/α-hetero) is 2. The van der Waals surface area contributed by atoms with Gasteiger partial charge in [-0.1, -0.05) is 92.5 Å². The van der Waals surface area contributed by atoms with Crippen LogP contribution in [0.15, 0.2) is 37.0 Å². The minimum Gasteiger partial charge on any atom is -0.413 e. The summed E-state index contributed by atoms with van der Waals surface area (Å²) >= 11 is 6.14. The summed E-state index contributed by atoms with van der Waals surface area (Å²) in [6.45, 7) is 31.6. The second-order valence-corrected chi connectivity index (χ2v) is 24.0. The molecule has 0 bridgehead atoms. The number of carbonyl (C=O) groups is 2. The number of alkyl halides is 1. The maximum Gasteiger partial charge on any atom is 0.192 e. The molecular formula is C39H73ClO5Si2. The topological polar surface area (TPSA) is 61.8 Å². The van der Waals surface area contributed by atoms with Crippen molar-refractivity contribution in [2.45, 2.75) is 169 Å². The number of hydrogen-bond acceptors (Lipinski definition) is 5. The fourth-order valence-corrected chi connectivity index (χ4v) is 12.8. The van der Waals surface area contributed by atoms with Crippen molar-refractivity contribution in [3.63, 3.8) is 0 Å². The summed E-state index contributed by atoms with van der Waals surface area (Å²) in [4.78, 5) is 27.7. The molecule has 0 aliphatic rings. The lowest BCUT2D eigenvalue weighted by Crippen LogP contribution is -2.53. The molecular weight excluding hydrogens is 640 g/mol. The van der Waals surface area contributed by atoms with Crippen molar-refractivity contribution < 1.29 is 23.2 Å². The SMILES string of the molecule is C=CC/C(C)=C\C[C@H](OCC[C@H](O[Si](CC)(CC)CC)C(C)(C)C(=O)C(CCCCCl)C(O[Si](CC)(CC)CC)[C@@H](C)C=C)C(C)=O. The van der Waals surface area contributed by atoms with Gasteiger partial charge in [-0.15, -0.1) is 24.8 Å². The van der Waals surface area contributed by atoms with E-state index in [4.69, 9.17) is 25.2 Å². The summed E-state index contributed by atoms with van der Waals surface area (Å²) in [5.41, 5.74) is 0.371. The smallest absolute Gasteiger partial charge is 0.192 e. The van der Waals surface area contributed by atoms with E-state index in [2.05, 4.69) is 81.5 Å². The van der Waals surface area contributed by atoms with E-state index in [0.717, 1.165) is 61.9 Å². The average Bonchev–Trinajstić information content (AvgIpc) is 3.06. The van der Waals surface area contributed by atoms with Gasteiger partial charge in [0.15, 0.2) is 22.4 Å². The van der Waals surface area contributed by atoms with Gasteiger partial charge in [0.25, 0.3) is 0 Å².